The zero-order chi connectivity index (χ0) is 28.1. The summed E-state index contributed by atoms with van der Waals surface area (Å²) >= 11 is 12.3. The first-order valence-electron chi connectivity index (χ1n) is 12.5. The molecule has 1 saturated heterocycles. The zero-order valence-corrected chi connectivity index (χ0v) is 23.5. The molecule has 206 valence electrons. The minimum Gasteiger partial charge on any atom is -0.456 e. The summed E-state index contributed by atoms with van der Waals surface area (Å²) in [4.78, 5) is 23.8. The minimum atomic E-state index is -4.04. The fraction of sp³-hybridized carbons (Fsp3) is 0.179. The fourth-order valence-corrected chi connectivity index (χ4v) is 5.79. The van der Waals surface area contributed by atoms with Crippen LogP contribution in [0.2, 0.25) is 10.0 Å². The van der Waals surface area contributed by atoms with Gasteiger partial charge in [-0.15, -0.1) is 0 Å². The van der Waals surface area contributed by atoms with Crippen molar-refractivity contribution in [3.63, 3.8) is 0 Å². The van der Waals surface area contributed by atoms with E-state index in [4.69, 9.17) is 27.9 Å². The third-order valence-corrected chi connectivity index (χ3v) is 8.23. The highest BCUT2D eigenvalue weighted by Gasteiger charge is 2.25. The molecule has 0 bridgehead atoms. The van der Waals surface area contributed by atoms with Crippen LogP contribution >= 0.6 is 23.2 Å². The quantitative estimate of drug-likeness (QED) is 0.265. The Morgan fingerprint density at radius 1 is 1.02 bits per heavy atom. The highest BCUT2D eigenvalue weighted by atomic mass is 35.5. The zero-order valence-electron chi connectivity index (χ0n) is 21.1. The van der Waals surface area contributed by atoms with E-state index < -0.39 is 15.9 Å². The van der Waals surface area contributed by atoms with Gasteiger partial charge in [-0.25, -0.2) is 13.4 Å². The molecule has 0 spiro atoms. The van der Waals surface area contributed by atoms with Gasteiger partial charge in [-0.3, -0.25) is 14.5 Å². The Kier molecular flexibility index (Phi) is 8.39. The molecular formula is C28H25Cl2N5O4S. The Labute approximate surface area is 242 Å². The van der Waals surface area contributed by atoms with E-state index in [1.807, 2.05) is 0 Å². The van der Waals surface area contributed by atoms with Crippen molar-refractivity contribution in [2.24, 2.45) is 0 Å². The molecule has 0 aliphatic carbocycles. The number of piperidine rings is 1. The molecule has 9 nitrogen and oxygen atoms in total. The normalized spacial score (nSPS) is 15.3. The van der Waals surface area contributed by atoms with E-state index in [0.29, 0.717) is 28.1 Å². The van der Waals surface area contributed by atoms with Crippen LogP contribution in [0.1, 0.15) is 23.2 Å². The molecule has 40 heavy (non-hydrogen) atoms. The summed E-state index contributed by atoms with van der Waals surface area (Å²) in [5.41, 5.74) is 0.228. The Bertz CT molecular complexity index is 1610. The van der Waals surface area contributed by atoms with Crippen LogP contribution in [0.15, 0.2) is 90.2 Å². The van der Waals surface area contributed by atoms with Crippen molar-refractivity contribution < 1.29 is 17.9 Å². The number of sulfonamides is 1. The van der Waals surface area contributed by atoms with E-state index in [9.17, 15) is 13.2 Å². The lowest BCUT2D eigenvalue weighted by Gasteiger charge is -2.33. The fourth-order valence-electron chi connectivity index (χ4n) is 4.36. The summed E-state index contributed by atoms with van der Waals surface area (Å²) in [6.45, 7) is 1.35. The Morgan fingerprint density at radius 2 is 1.82 bits per heavy atom. The number of amides is 1. The lowest BCUT2D eigenvalue weighted by atomic mass is 10.0. The van der Waals surface area contributed by atoms with Crippen molar-refractivity contribution >= 4 is 50.6 Å². The van der Waals surface area contributed by atoms with Crippen LogP contribution < -0.4 is 19.7 Å². The monoisotopic (exact) mass is 597 g/mol. The first kappa shape index (κ1) is 27.7. The standard InChI is InChI=1S/C28H25Cl2N5O4S/c29-19-7-12-25(23(16-19)28(36)33-20-4-3-15-35(18-20)27-17-31-13-14-32-27)34-40(37,38)22-10-8-21(9-11-22)39-26-6-2-1-5-24(26)30/h1-2,5-14,16-17,20,34H,3-4,15,18H2,(H,33,36)/t20-/m0/s1. The number of ether oxygens (including phenoxy) is 1. The Balaban J connectivity index is 1.30. The molecule has 0 radical (unpaired) electrons. The van der Waals surface area contributed by atoms with Crippen molar-refractivity contribution in [2.45, 2.75) is 23.8 Å². The Morgan fingerprint density at radius 3 is 2.58 bits per heavy atom. The number of hydrogen-bond acceptors (Lipinski definition) is 7. The number of nitrogens with zero attached hydrogens (tertiary/aromatic N) is 3. The molecule has 1 atom stereocenters. The molecule has 0 saturated carbocycles. The number of hydrogen-bond donors (Lipinski definition) is 2. The summed E-state index contributed by atoms with van der Waals surface area (Å²) < 4.78 is 34.7. The number of halogens is 2. The largest absolute Gasteiger partial charge is 0.456 e. The molecular weight excluding hydrogens is 573 g/mol. The number of carbonyl (C=O) groups is 1. The number of nitrogens with one attached hydrogen (secondary N) is 2. The van der Waals surface area contributed by atoms with E-state index in [1.165, 1.54) is 42.5 Å². The molecule has 1 aliphatic rings. The van der Waals surface area contributed by atoms with Gasteiger partial charge in [0.25, 0.3) is 15.9 Å². The van der Waals surface area contributed by atoms with Crippen LogP contribution in [0.25, 0.3) is 0 Å². The molecule has 5 rings (SSSR count). The average molecular weight is 599 g/mol. The maximum absolute atomic E-state index is 13.3. The third kappa shape index (κ3) is 6.64. The highest BCUT2D eigenvalue weighted by molar-refractivity contribution is 7.92. The molecule has 1 fully saturated rings. The number of rotatable bonds is 8. The molecule has 1 aliphatic heterocycles. The third-order valence-electron chi connectivity index (χ3n) is 6.30. The van der Waals surface area contributed by atoms with Gasteiger partial charge >= 0.3 is 0 Å². The van der Waals surface area contributed by atoms with Crippen molar-refractivity contribution in [3.05, 3.63) is 101 Å². The predicted octanol–water partition coefficient (Wildman–Crippen LogP) is 5.78. The van der Waals surface area contributed by atoms with Gasteiger partial charge in [0.05, 0.1) is 27.4 Å². The lowest BCUT2D eigenvalue weighted by molar-refractivity contribution is 0.0934. The number of aromatic nitrogens is 2. The molecule has 4 aromatic rings. The number of benzene rings is 3. The first-order chi connectivity index (χ1) is 19.3. The van der Waals surface area contributed by atoms with Gasteiger partial charge in [-0.2, -0.15) is 0 Å². The van der Waals surface area contributed by atoms with Gasteiger partial charge in [0.15, 0.2) is 0 Å². The smallest absolute Gasteiger partial charge is 0.261 e. The summed E-state index contributed by atoms with van der Waals surface area (Å²) in [5.74, 6) is 1.17. The Hall–Kier alpha value is -3.86. The molecule has 2 N–H and O–H groups in total. The molecule has 3 aromatic carbocycles. The van der Waals surface area contributed by atoms with Crippen LogP contribution in [-0.4, -0.2) is 43.4 Å². The van der Waals surface area contributed by atoms with Gasteiger partial charge in [0.1, 0.15) is 17.3 Å². The molecule has 1 aromatic heterocycles. The van der Waals surface area contributed by atoms with Crippen molar-refractivity contribution in [2.75, 3.05) is 22.7 Å². The van der Waals surface area contributed by atoms with E-state index in [2.05, 4.69) is 24.9 Å². The highest BCUT2D eigenvalue weighted by Crippen LogP contribution is 2.30. The molecule has 0 unspecified atom stereocenters. The maximum atomic E-state index is 13.3. The molecule has 2 heterocycles. The van der Waals surface area contributed by atoms with Gasteiger partial charge in [0, 0.05) is 36.5 Å². The second-order valence-corrected chi connectivity index (χ2v) is 11.6. The minimum absolute atomic E-state index is 0.00721. The molecule has 12 heteroatoms. The van der Waals surface area contributed by atoms with Crippen molar-refractivity contribution in [1.82, 2.24) is 15.3 Å². The van der Waals surface area contributed by atoms with Gasteiger partial charge < -0.3 is 15.0 Å². The average Bonchev–Trinajstić information content (AvgIpc) is 2.96. The van der Waals surface area contributed by atoms with E-state index in [0.717, 1.165) is 25.2 Å². The molecule has 1 amide bonds. The van der Waals surface area contributed by atoms with Crippen LogP contribution in [0, 0.1) is 0 Å². The SMILES string of the molecule is O=C(N[C@H]1CCCN(c2cnccn2)C1)c1cc(Cl)ccc1NS(=O)(=O)c1ccc(Oc2ccccc2Cl)cc1. The van der Waals surface area contributed by atoms with Crippen molar-refractivity contribution in [3.8, 4) is 11.5 Å². The van der Waals surface area contributed by atoms with E-state index >= 15 is 0 Å². The summed E-state index contributed by atoms with van der Waals surface area (Å²) in [5, 5.41) is 3.75. The maximum Gasteiger partial charge on any atom is 0.261 e. The first-order valence-corrected chi connectivity index (χ1v) is 14.7. The van der Waals surface area contributed by atoms with Gasteiger partial charge in [-0.1, -0.05) is 35.3 Å². The van der Waals surface area contributed by atoms with Crippen LogP contribution in [0.4, 0.5) is 11.5 Å². The topological polar surface area (TPSA) is 114 Å². The van der Waals surface area contributed by atoms with Gasteiger partial charge in [0.2, 0.25) is 0 Å². The van der Waals surface area contributed by atoms with Crippen LogP contribution in [0.5, 0.6) is 11.5 Å². The summed E-state index contributed by atoms with van der Waals surface area (Å²) in [6.07, 6.45) is 6.54. The van der Waals surface area contributed by atoms with E-state index in [1.54, 1.807) is 42.9 Å². The van der Waals surface area contributed by atoms with Crippen LogP contribution in [-0.2, 0) is 10.0 Å². The lowest BCUT2D eigenvalue weighted by Crippen LogP contribution is -2.48. The van der Waals surface area contributed by atoms with E-state index in [-0.39, 0.29) is 22.2 Å². The number of carbonyl (C=O) groups excluding carboxylic acids is 1. The predicted molar refractivity (Wildman–Crippen MR) is 155 cm³/mol. The summed E-state index contributed by atoms with van der Waals surface area (Å²) in [6, 6.07) is 17.1. The van der Waals surface area contributed by atoms with Gasteiger partial charge in [-0.05, 0) is 67.4 Å². The van der Waals surface area contributed by atoms with Crippen molar-refractivity contribution in [1.29, 1.82) is 0 Å². The number of anilines is 2. The summed E-state index contributed by atoms with van der Waals surface area (Å²) in [7, 11) is -4.04. The second-order valence-electron chi connectivity index (χ2n) is 9.12. The van der Waals surface area contributed by atoms with Crippen LogP contribution in [0.3, 0.4) is 0 Å². The second kappa shape index (κ2) is 12.1. The number of para-hydroxylation sites is 1.